The number of halogens is 1. The van der Waals surface area contributed by atoms with E-state index in [4.69, 9.17) is 16.3 Å². The highest BCUT2D eigenvalue weighted by molar-refractivity contribution is 6.28. The van der Waals surface area contributed by atoms with E-state index in [1.165, 1.54) is 4.68 Å². The van der Waals surface area contributed by atoms with Crippen LogP contribution in [0.5, 0.6) is 0 Å². The van der Waals surface area contributed by atoms with Crippen LogP contribution in [0.3, 0.4) is 0 Å². The predicted molar refractivity (Wildman–Crippen MR) is 115 cm³/mol. The van der Waals surface area contributed by atoms with Gasteiger partial charge in [-0.1, -0.05) is 10.7 Å². The first-order valence-corrected chi connectivity index (χ1v) is 10.4. The number of piperidine rings is 1. The third kappa shape index (κ3) is 5.11. The molecule has 0 aliphatic carbocycles. The van der Waals surface area contributed by atoms with Crippen LogP contribution in [-0.2, 0) is 18.8 Å². The summed E-state index contributed by atoms with van der Waals surface area (Å²) in [6.07, 6.45) is 3.29. The van der Waals surface area contributed by atoms with E-state index in [1.54, 1.807) is 29.7 Å². The smallest absolute Gasteiger partial charge is 0.410 e. The standard InChI is InChI=1S/C21H28ClN5O3/c1-21(2,3)30-20(29)27-10-8-14(9-11-27)15-6-7-18(23-13-15)24-16-12-17(22)25(4)26(5)19(16)28/h6-7,12-14H,8-11H2,1-5H3/p+1. The zero-order valence-electron chi connectivity index (χ0n) is 18.1. The molecule has 1 N–H and O–H groups in total. The molecule has 3 rings (SSSR count). The highest BCUT2D eigenvalue weighted by Crippen LogP contribution is 2.29. The van der Waals surface area contributed by atoms with Crippen LogP contribution in [0.4, 0.5) is 16.3 Å². The van der Waals surface area contributed by atoms with Crippen molar-refractivity contribution in [1.82, 2.24) is 14.6 Å². The fourth-order valence-corrected chi connectivity index (χ4v) is 3.62. The molecule has 8 nitrogen and oxygen atoms in total. The van der Waals surface area contributed by atoms with Crippen LogP contribution in [0, 0.1) is 0 Å². The lowest BCUT2D eigenvalue weighted by molar-refractivity contribution is -0.754. The Labute approximate surface area is 181 Å². The van der Waals surface area contributed by atoms with Crippen molar-refractivity contribution in [1.29, 1.82) is 0 Å². The maximum absolute atomic E-state index is 12.4. The number of carbonyl (C=O) groups is 1. The van der Waals surface area contributed by atoms with Crippen molar-refractivity contribution in [3.63, 3.8) is 0 Å². The highest BCUT2D eigenvalue weighted by atomic mass is 35.5. The largest absolute Gasteiger partial charge is 0.444 e. The number of aromatic nitrogens is 3. The van der Waals surface area contributed by atoms with Gasteiger partial charge in [-0.2, -0.15) is 0 Å². The van der Waals surface area contributed by atoms with Gasteiger partial charge in [0.1, 0.15) is 17.1 Å². The Balaban J connectivity index is 1.62. The number of anilines is 2. The second-order valence-corrected chi connectivity index (χ2v) is 8.96. The number of nitrogens with zero attached hydrogens (tertiary/aromatic N) is 4. The van der Waals surface area contributed by atoms with Gasteiger partial charge in [0, 0.05) is 19.3 Å². The molecule has 0 saturated carbocycles. The molecule has 1 amide bonds. The van der Waals surface area contributed by atoms with E-state index in [0.29, 0.717) is 35.7 Å². The average Bonchev–Trinajstić information content (AvgIpc) is 2.70. The van der Waals surface area contributed by atoms with E-state index in [-0.39, 0.29) is 11.7 Å². The summed E-state index contributed by atoms with van der Waals surface area (Å²) in [5.74, 6) is 0.912. The summed E-state index contributed by atoms with van der Waals surface area (Å²) >= 11 is 6.16. The van der Waals surface area contributed by atoms with Crippen LogP contribution in [0.1, 0.15) is 45.1 Å². The van der Waals surface area contributed by atoms with Crippen molar-refractivity contribution in [3.05, 3.63) is 45.5 Å². The van der Waals surface area contributed by atoms with Crippen molar-refractivity contribution >= 4 is 29.2 Å². The number of amides is 1. The molecule has 0 atom stereocenters. The molecular weight excluding hydrogens is 406 g/mol. The average molecular weight is 435 g/mol. The Morgan fingerprint density at radius 3 is 2.53 bits per heavy atom. The highest BCUT2D eigenvalue weighted by Gasteiger charge is 2.27. The third-order valence-corrected chi connectivity index (χ3v) is 5.57. The SMILES string of the molecule is Cn1c(=O)c(Nc2ccc(C3CCN(C(=O)OC(C)(C)C)CC3)cn2)cc(Cl)[n+]1C. The van der Waals surface area contributed by atoms with Crippen LogP contribution in [0.15, 0.2) is 29.2 Å². The molecule has 1 aliphatic heterocycles. The lowest BCUT2D eigenvalue weighted by Gasteiger charge is -2.33. The number of ether oxygens (including phenoxy) is 1. The van der Waals surface area contributed by atoms with E-state index in [9.17, 15) is 9.59 Å². The number of rotatable bonds is 3. The van der Waals surface area contributed by atoms with Gasteiger partial charge in [-0.25, -0.2) is 9.78 Å². The summed E-state index contributed by atoms with van der Waals surface area (Å²) in [6, 6.07) is 5.46. The Bertz CT molecular complexity index is 974. The number of likely N-dealkylation sites (tertiary alicyclic amines) is 1. The van der Waals surface area contributed by atoms with Crippen molar-refractivity contribution in [2.45, 2.75) is 45.1 Å². The maximum Gasteiger partial charge on any atom is 0.410 e. The number of pyridine rings is 1. The quantitative estimate of drug-likeness (QED) is 0.751. The van der Waals surface area contributed by atoms with E-state index < -0.39 is 5.60 Å². The van der Waals surface area contributed by atoms with Crippen molar-refractivity contribution in [2.75, 3.05) is 18.4 Å². The first kappa shape index (κ1) is 22.1. The van der Waals surface area contributed by atoms with Gasteiger partial charge < -0.3 is 15.0 Å². The van der Waals surface area contributed by atoms with Gasteiger partial charge in [0.25, 0.3) is 5.15 Å². The third-order valence-electron chi connectivity index (χ3n) is 5.21. The molecule has 0 bridgehead atoms. The zero-order chi connectivity index (χ0) is 22.1. The number of carbonyl (C=O) groups excluding carboxylic acids is 1. The fraction of sp³-hybridized carbons (Fsp3) is 0.524. The van der Waals surface area contributed by atoms with Gasteiger partial charge >= 0.3 is 11.7 Å². The van der Waals surface area contributed by atoms with Gasteiger partial charge in [-0.3, -0.25) is 4.79 Å². The van der Waals surface area contributed by atoms with Gasteiger partial charge in [0.2, 0.25) is 0 Å². The molecule has 30 heavy (non-hydrogen) atoms. The molecule has 162 valence electrons. The topological polar surface area (TPSA) is 80.3 Å². The summed E-state index contributed by atoms with van der Waals surface area (Å²) in [4.78, 5) is 30.8. The first-order chi connectivity index (χ1) is 14.0. The molecule has 0 aromatic carbocycles. The molecular formula is C21H29ClN5O3+. The Morgan fingerprint density at radius 1 is 1.30 bits per heavy atom. The van der Waals surface area contributed by atoms with Crippen LogP contribution < -0.4 is 15.6 Å². The molecule has 1 aliphatic rings. The van der Waals surface area contributed by atoms with E-state index >= 15 is 0 Å². The van der Waals surface area contributed by atoms with Crippen LogP contribution in [-0.4, -0.2) is 39.3 Å². The van der Waals surface area contributed by atoms with E-state index in [1.807, 2.05) is 39.1 Å². The Hall–Kier alpha value is -2.61. The van der Waals surface area contributed by atoms with Crippen molar-refractivity contribution < 1.29 is 14.2 Å². The molecule has 9 heteroatoms. The second-order valence-electron chi connectivity index (χ2n) is 8.58. The predicted octanol–water partition coefficient (Wildman–Crippen LogP) is 3.12. The Kier molecular flexibility index (Phi) is 6.36. The van der Waals surface area contributed by atoms with Gasteiger partial charge in [0.15, 0.2) is 7.05 Å². The summed E-state index contributed by atoms with van der Waals surface area (Å²) in [6.45, 7) is 6.94. The molecule has 0 unspecified atom stereocenters. The monoisotopic (exact) mass is 434 g/mol. The number of nitrogens with one attached hydrogen (secondary N) is 1. The van der Waals surface area contributed by atoms with Crippen LogP contribution >= 0.6 is 11.6 Å². The molecule has 2 aromatic rings. The minimum atomic E-state index is -0.484. The van der Waals surface area contributed by atoms with Gasteiger partial charge in [-0.15, -0.1) is 4.68 Å². The minimum absolute atomic E-state index is 0.192. The summed E-state index contributed by atoms with van der Waals surface area (Å²) < 4.78 is 8.45. The molecule has 0 spiro atoms. The van der Waals surface area contributed by atoms with Crippen molar-refractivity contribution in [3.8, 4) is 0 Å². The van der Waals surface area contributed by atoms with E-state index in [2.05, 4.69) is 10.3 Å². The number of hydrogen-bond acceptors (Lipinski definition) is 5. The normalized spacial score (nSPS) is 15.2. The van der Waals surface area contributed by atoms with Gasteiger partial charge in [0.05, 0.1) is 13.1 Å². The van der Waals surface area contributed by atoms with E-state index in [0.717, 1.165) is 18.4 Å². The fourth-order valence-electron chi connectivity index (χ4n) is 3.40. The Morgan fingerprint density at radius 2 is 1.97 bits per heavy atom. The minimum Gasteiger partial charge on any atom is -0.444 e. The summed E-state index contributed by atoms with van der Waals surface area (Å²) in [5, 5.41) is 3.48. The maximum atomic E-state index is 12.4. The van der Waals surface area contributed by atoms with Crippen LogP contribution in [0.2, 0.25) is 5.15 Å². The lowest BCUT2D eigenvalue weighted by atomic mass is 9.90. The van der Waals surface area contributed by atoms with Crippen LogP contribution in [0.25, 0.3) is 0 Å². The van der Waals surface area contributed by atoms with Crippen molar-refractivity contribution in [2.24, 2.45) is 14.1 Å². The summed E-state index contributed by atoms with van der Waals surface area (Å²) in [5.41, 5.74) is 0.811. The molecule has 0 radical (unpaired) electrons. The zero-order valence-corrected chi connectivity index (χ0v) is 18.9. The molecule has 3 heterocycles. The second kappa shape index (κ2) is 8.63. The molecule has 1 saturated heterocycles. The number of hydrogen-bond donors (Lipinski definition) is 1. The molecule has 1 fully saturated rings. The molecule has 2 aromatic heterocycles. The summed E-state index contributed by atoms with van der Waals surface area (Å²) in [7, 11) is 3.37. The first-order valence-electron chi connectivity index (χ1n) is 10.0. The lowest BCUT2D eigenvalue weighted by Crippen LogP contribution is -2.48. The van der Waals surface area contributed by atoms with Gasteiger partial charge in [-0.05, 0) is 62.8 Å².